The predicted molar refractivity (Wildman–Crippen MR) is 71.5 cm³/mol. The Labute approximate surface area is 113 Å². The third kappa shape index (κ3) is 1.82. The van der Waals surface area contributed by atoms with Gasteiger partial charge < -0.3 is 9.14 Å². The van der Waals surface area contributed by atoms with Crippen LogP contribution in [0.15, 0.2) is 30.7 Å². The molecular formula is C13H10ClN3O2. The van der Waals surface area contributed by atoms with Gasteiger partial charge in [0.25, 0.3) is 0 Å². The molecule has 3 aromatic rings. The second kappa shape index (κ2) is 4.51. The number of nitrogens with zero attached hydrogens (tertiary/aromatic N) is 3. The lowest BCUT2D eigenvalue weighted by atomic mass is 10.3. The van der Waals surface area contributed by atoms with Crippen LogP contribution in [0.4, 0.5) is 0 Å². The molecule has 0 spiro atoms. The first kappa shape index (κ1) is 11.9. The normalized spacial score (nSPS) is 11.1. The first-order valence-electron chi connectivity index (χ1n) is 5.79. The van der Waals surface area contributed by atoms with Crippen LogP contribution < -0.4 is 0 Å². The molecule has 19 heavy (non-hydrogen) atoms. The number of fused-ring (bicyclic) bond motifs is 3. The zero-order valence-electron chi connectivity index (χ0n) is 10.1. The van der Waals surface area contributed by atoms with E-state index in [0.29, 0.717) is 17.7 Å². The fourth-order valence-corrected chi connectivity index (χ4v) is 2.32. The average Bonchev–Trinajstić information content (AvgIpc) is 2.85. The minimum Gasteiger partial charge on any atom is -0.462 e. The van der Waals surface area contributed by atoms with Crippen molar-refractivity contribution in [1.82, 2.24) is 14.4 Å². The molecule has 0 atom stereocenters. The van der Waals surface area contributed by atoms with Gasteiger partial charge in [0.1, 0.15) is 0 Å². The highest BCUT2D eigenvalue weighted by Gasteiger charge is 2.17. The monoisotopic (exact) mass is 275 g/mol. The molecule has 0 aliphatic heterocycles. The lowest BCUT2D eigenvalue weighted by molar-refractivity contribution is 0.0529. The standard InChI is InChI=1S/C13H10ClN3O2/c1-2-19-13(18)8-4-6-17-10-7-15-5-3-9(10)16-12(14)11(8)17/h3-7H,2H2,1H3. The Bertz CT molecular complexity index is 782. The van der Waals surface area contributed by atoms with Gasteiger partial charge in [0, 0.05) is 12.4 Å². The summed E-state index contributed by atoms with van der Waals surface area (Å²) in [4.78, 5) is 20.2. The van der Waals surface area contributed by atoms with Gasteiger partial charge in [-0.3, -0.25) is 4.98 Å². The van der Waals surface area contributed by atoms with Crippen molar-refractivity contribution >= 4 is 34.1 Å². The molecule has 0 bridgehead atoms. The Morgan fingerprint density at radius 2 is 2.32 bits per heavy atom. The number of hydrogen-bond acceptors (Lipinski definition) is 4. The van der Waals surface area contributed by atoms with Crippen LogP contribution in [-0.2, 0) is 4.74 Å². The Hall–Kier alpha value is -2.14. The van der Waals surface area contributed by atoms with Crippen LogP contribution >= 0.6 is 11.6 Å². The third-order valence-electron chi connectivity index (χ3n) is 2.83. The van der Waals surface area contributed by atoms with Crippen molar-refractivity contribution in [1.29, 1.82) is 0 Å². The van der Waals surface area contributed by atoms with Crippen LogP contribution in [0.1, 0.15) is 17.3 Å². The molecule has 3 heterocycles. The van der Waals surface area contributed by atoms with Gasteiger partial charge in [-0.15, -0.1) is 0 Å². The Kier molecular flexibility index (Phi) is 2.83. The second-order valence-electron chi connectivity index (χ2n) is 3.94. The van der Waals surface area contributed by atoms with E-state index in [4.69, 9.17) is 16.3 Å². The number of hydrogen-bond donors (Lipinski definition) is 0. The minimum absolute atomic E-state index is 0.270. The molecule has 5 nitrogen and oxygen atoms in total. The summed E-state index contributed by atoms with van der Waals surface area (Å²) >= 11 is 6.17. The van der Waals surface area contributed by atoms with E-state index >= 15 is 0 Å². The molecule has 0 radical (unpaired) electrons. The van der Waals surface area contributed by atoms with Crippen molar-refractivity contribution in [3.63, 3.8) is 0 Å². The quantitative estimate of drug-likeness (QED) is 0.675. The second-order valence-corrected chi connectivity index (χ2v) is 4.29. The molecule has 0 unspecified atom stereocenters. The summed E-state index contributed by atoms with van der Waals surface area (Å²) in [6.07, 6.45) is 5.09. The Morgan fingerprint density at radius 3 is 3.11 bits per heavy atom. The molecule has 3 aromatic heterocycles. The van der Waals surface area contributed by atoms with Gasteiger partial charge >= 0.3 is 5.97 Å². The number of halogens is 1. The molecule has 0 saturated carbocycles. The van der Waals surface area contributed by atoms with Gasteiger partial charge in [0.2, 0.25) is 0 Å². The van der Waals surface area contributed by atoms with Crippen molar-refractivity contribution < 1.29 is 9.53 Å². The Morgan fingerprint density at radius 1 is 1.47 bits per heavy atom. The predicted octanol–water partition coefficient (Wildman–Crippen LogP) is 2.71. The van der Waals surface area contributed by atoms with Crippen LogP contribution in [0, 0.1) is 0 Å². The number of pyridine rings is 1. The molecule has 0 amide bonds. The number of ether oxygens (including phenoxy) is 1. The fraction of sp³-hybridized carbons (Fsp3) is 0.154. The zero-order chi connectivity index (χ0) is 13.4. The third-order valence-corrected chi connectivity index (χ3v) is 3.10. The van der Waals surface area contributed by atoms with E-state index < -0.39 is 5.97 Å². The topological polar surface area (TPSA) is 56.5 Å². The lowest BCUT2D eigenvalue weighted by Gasteiger charge is -2.05. The number of esters is 1. The highest BCUT2D eigenvalue weighted by Crippen LogP contribution is 2.25. The largest absolute Gasteiger partial charge is 0.462 e. The number of carbonyl (C=O) groups excluding carboxylic acids is 1. The molecule has 0 fully saturated rings. The van der Waals surface area contributed by atoms with Crippen molar-refractivity contribution in [2.45, 2.75) is 6.92 Å². The van der Waals surface area contributed by atoms with E-state index in [2.05, 4.69) is 9.97 Å². The summed E-state index contributed by atoms with van der Waals surface area (Å²) in [5.41, 5.74) is 2.46. The highest BCUT2D eigenvalue weighted by molar-refractivity contribution is 6.34. The first-order valence-corrected chi connectivity index (χ1v) is 6.17. The van der Waals surface area contributed by atoms with Crippen molar-refractivity contribution in [3.05, 3.63) is 41.4 Å². The molecule has 0 aromatic carbocycles. The van der Waals surface area contributed by atoms with Crippen molar-refractivity contribution in [2.75, 3.05) is 6.61 Å². The molecule has 0 aliphatic carbocycles. The molecule has 96 valence electrons. The van der Waals surface area contributed by atoms with Gasteiger partial charge in [-0.2, -0.15) is 0 Å². The van der Waals surface area contributed by atoms with Crippen LogP contribution in [0.3, 0.4) is 0 Å². The van der Waals surface area contributed by atoms with Gasteiger partial charge in [0.05, 0.1) is 34.9 Å². The van der Waals surface area contributed by atoms with Crippen LogP contribution in [0.2, 0.25) is 5.15 Å². The summed E-state index contributed by atoms with van der Waals surface area (Å²) < 4.78 is 6.80. The van der Waals surface area contributed by atoms with Crippen LogP contribution in [0.25, 0.3) is 16.6 Å². The average molecular weight is 276 g/mol. The number of carbonyl (C=O) groups is 1. The smallest absolute Gasteiger partial charge is 0.340 e. The first-order chi connectivity index (χ1) is 9.22. The molecule has 0 saturated heterocycles. The van der Waals surface area contributed by atoms with E-state index in [1.165, 1.54) is 0 Å². The Balaban J connectivity index is 2.34. The van der Waals surface area contributed by atoms with Crippen molar-refractivity contribution in [2.24, 2.45) is 0 Å². The van der Waals surface area contributed by atoms with Crippen LogP contribution in [0.5, 0.6) is 0 Å². The van der Waals surface area contributed by atoms with Crippen molar-refractivity contribution in [3.8, 4) is 0 Å². The van der Waals surface area contributed by atoms with Crippen LogP contribution in [-0.4, -0.2) is 26.9 Å². The molecule has 3 rings (SSSR count). The molecule has 6 heteroatoms. The van der Waals surface area contributed by atoms with E-state index in [1.54, 1.807) is 42.0 Å². The fourth-order valence-electron chi connectivity index (χ4n) is 2.03. The maximum atomic E-state index is 11.9. The van der Waals surface area contributed by atoms with E-state index in [0.717, 1.165) is 11.0 Å². The van der Waals surface area contributed by atoms with E-state index in [9.17, 15) is 4.79 Å². The van der Waals surface area contributed by atoms with E-state index in [1.807, 2.05) is 0 Å². The number of aromatic nitrogens is 3. The number of rotatable bonds is 2. The molecule has 0 aliphatic rings. The van der Waals surface area contributed by atoms with E-state index in [-0.39, 0.29) is 5.15 Å². The molecule has 0 N–H and O–H groups in total. The summed E-state index contributed by atoms with van der Waals surface area (Å²) in [6.45, 7) is 2.08. The summed E-state index contributed by atoms with van der Waals surface area (Å²) in [6, 6.07) is 3.44. The highest BCUT2D eigenvalue weighted by atomic mass is 35.5. The molecular weight excluding hydrogens is 266 g/mol. The SMILES string of the molecule is CCOC(=O)c1ccn2c1c(Cl)nc1ccncc12. The maximum Gasteiger partial charge on any atom is 0.340 e. The summed E-state index contributed by atoms with van der Waals surface area (Å²) in [7, 11) is 0. The van der Waals surface area contributed by atoms with Gasteiger partial charge in [0.15, 0.2) is 5.15 Å². The van der Waals surface area contributed by atoms with Gasteiger partial charge in [-0.25, -0.2) is 9.78 Å². The van der Waals surface area contributed by atoms with Gasteiger partial charge in [-0.05, 0) is 19.1 Å². The maximum absolute atomic E-state index is 11.9. The van der Waals surface area contributed by atoms with Gasteiger partial charge in [-0.1, -0.05) is 11.6 Å². The summed E-state index contributed by atoms with van der Waals surface area (Å²) in [5.74, 6) is -0.406. The summed E-state index contributed by atoms with van der Waals surface area (Å²) in [5, 5.41) is 0.270. The zero-order valence-corrected chi connectivity index (χ0v) is 10.9. The lowest BCUT2D eigenvalue weighted by Crippen LogP contribution is -2.05. The minimum atomic E-state index is -0.406.